The van der Waals surface area contributed by atoms with E-state index in [4.69, 9.17) is 0 Å². The minimum atomic E-state index is 0.510. The van der Waals surface area contributed by atoms with E-state index in [2.05, 4.69) is 21.4 Å². The van der Waals surface area contributed by atoms with Gasteiger partial charge in [-0.3, -0.25) is 9.97 Å². The number of thiazole rings is 1. The first-order valence-corrected chi connectivity index (χ1v) is 6.70. The molecular formula is C13H17N3S. The predicted molar refractivity (Wildman–Crippen MR) is 71.2 cm³/mol. The van der Waals surface area contributed by atoms with Crippen molar-refractivity contribution in [3.63, 3.8) is 0 Å². The Balaban J connectivity index is 1.84. The zero-order chi connectivity index (χ0) is 11.9. The van der Waals surface area contributed by atoms with Gasteiger partial charge in [0.15, 0.2) is 0 Å². The maximum Gasteiger partial charge on any atom is 0.0794 e. The lowest BCUT2D eigenvalue weighted by Gasteiger charge is -2.14. The van der Waals surface area contributed by atoms with Crippen LogP contribution in [0.1, 0.15) is 16.9 Å². The highest BCUT2D eigenvalue weighted by Crippen LogP contribution is 2.12. The first kappa shape index (κ1) is 12.2. The zero-order valence-electron chi connectivity index (χ0n) is 9.97. The Morgan fingerprint density at radius 2 is 2.29 bits per heavy atom. The molecule has 0 aliphatic carbocycles. The number of aromatic nitrogens is 2. The van der Waals surface area contributed by atoms with E-state index in [9.17, 15) is 0 Å². The van der Waals surface area contributed by atoms with Crippen LogP contribution in [-0.2, 0) is 12.8 Å². The van der Waals surface area contributed by atoms with Crippen molar-refractivity contribution in [1.82, 2.24) is 15.3 Å². The molecule has 1 atom stereocenters. The number of hydrogen-bond donors (Lipinski definition) is 1. The molecule has 0 aliphatic heterocycles. The van der Waals surface area contributed by atoms with Crippen molar-refractivity contribution in [3.05, 3.63) is 46.7 Å². The molecule has 0 saturated carbocycles. The summed E-state index contributed by atoms with van der Waals surface area (Å²) >= 11 is 1.72. The summed E-state index contributed by atoms with van der Waals surface area (Å²) in [6, 6.07) is 4.63. The largest absolute Gasteiger partial charge is 0.317 e. The van der Waals surface area contributed by atoms with Crippen LogP contribution >= 0.6 is 11.3 Å². The summed E-state index contributed by atoms with van der Waals surface area (Å²) in [4.78, 5) is 9.59. The molecule has 90 valence electrons. The van der Waals surface area contributed by atoms with Gasteiger partial charge in [0, 0.05) is 29.5 Å². The Morgan fingerprint density at radius 1 is 1.35 bits per heavy atom. The molecule has 2 rings (SSSR count). The third-order valence-electron chi connectivity index (χ3n) is 2.84. The van der Waals surface area contributed by atoms with Gasteiger partial charge in [-0.05, 0) is 37.9 Å². The second kappa shape index (κ2) is 6.47. The van der Waals surface area contributed by atoms with Gasteiger partial charge in [0.05, 0.1) is 5.51 Å². The highest BCUT2D eigenvalue weighted by Gasteiger charge is 2.08. The second-order valence-electron chi connectivity index (χ2n) is 4.06. The van der Waals surface area contributed by atoms with Gasteiger partial charge in [0.1, 0.15) is 0 Å². The van der Waals surface area contributed by atoms with Crippen LogP contribution < -0.4 is 5.32 Å². The lowest BCUT2D eigenvalue weighted by molar-refractivity contribution is 0.522. The first-order chi connectivity index (χ1) is 8.38. The van der Waals surface area contributed by atoms with Crippen molar-refractivity contribution in [2.75, 3.05) is 7.05 Å². The van der Waals surface area contributed by atoms with Gasteiger partial charge in [0.2, 0.25) is 0 Å². The highest BCUT2D eigenvalue weighted by molar-refractivity contribution is 7.09. The molecule has 0 fully saturated rings. The van der Waals surface area contributed by atoms with Gasteiger partial charge >= 0.3 is 0 Å². The van der Waals surface area contributed by atoms with E-state index in [-0.39, 0.29) is 0 Å². The van der Waals surface area contributed by atoms with Gasteiger partial charge in [-0.1, -0.05) is 6.07 Å². The fourth-order valence-electron chi connectivity index (χ4n) is 1.82. The van der Waals surface area contributed by atoms with Crippen molar-refractivity contribution >= 4 is 11.3 Å². The first-order valence-electron chi connectivity index (χ1n) is 5.82. The third-order valence-corrected chi connectivity index (χ3v) is 3.65. The molecule has 4 heteroatoms. The average molecular weight is 247 g/mol. The molecule has 2 aromatic rings. The fourth-order valence-corrected chi connectivity index (χ4v) is 2.50. The number of nitrogens with zero attached hydrogens (tertiary/aromatic N) is 2. The van der Waals surface area contributed by atoms with E-state index in [1.165, 1.54) is 10.4 Å². The van der Waals surface area contributed by atoms with Gasteiger partial charge < -0.3 is 5.32 Å². The molecule has 17 heavy (non-hydrogen) atoms. The summed E-state index contributed by atoms with van der Waals surface area (Å²) < 4.78 is 0. The van der Waals surface area contributed by atoms with Crippen molar-refractivity contribution in [3.8, 4) is 0 Å². The van der Waals surface area contributed by atoms with Crippen molar-refractivity contribution in [2.45, 2.75) is 25.3 Å². The Bertz CT molecular complexity index is 413. The van der Waals surface area contributed by atoms with E-state index >= 15 is 0 Å². The molecular weight excluding hydrogens is 230 g/mol. The zero-order valence-corrected chi connectivity index (χ0v) is 10.8. The summed E-state index contributed by atoms with van der Waals surface area (Å²) in [5.74, 6) is 0. The van der Waals surface area contributed by atoms with Crippen LogP contribution in [0.2, 0.25) is 0 Å². The number of likely N-dealkylation sites (N-methyl/N-ethyl adjacent to an activating group) is 1. The Labute approximate surface area is 106 Å². The summed E-state index contributed by atoms with van der Waals surface area (Å²) in [7, 11) is 2.02. The van der Waals surface area contributed by atoms with Crippen LogP contribution in [0.4, 0.5) is 0 Å². The van der Waals surface area contributed by atoms with Crippen molar-refractivity contribution < 1.29 is 0 Å². The quantitative estimate of drug-likeness (QED) is 0.851. The lowest BCUT2D eigenvalue weighted by atomic mass is 10.0. The topological polar surface area (TPSA) is 37.8 Å². The number of rotatable bonds is 6. The van der Waals surface area contributed by atoms with Gasteiger partial charge in [0.25, 0.3) is 0 Å². The average Bonchev–Trinajstić information content (AvgIpc) is 2.88. The fraction of sp³-hybridized carbons (Fsp3) is 0.385. The third kappa shape index (κ3) is 3.91. The molecule has 2 aromatic heterocycles. The molecule has 0 bridgehead atoms. The maximum absolute atomic E-state index is 4.14. The van der Waals surface area contributed by atoms with Crippen LogP contribution in [0.3, 0.4) is 0 Å². The van der Waals surface area contributed by atoms with E-state index in [1.54, 1.807) is 11.3 Å². The van der Waals surface area contributed by atoms with Gasteiger partial charge in [-0.2, -0.15) is 0 Å². The Kier molecular flexibility index (Phi) is 4.64. The van der Waals surface area contributed by atoms with E-state index in [0.717, 1.165) is 19.3 Å². The molecule has 2 heterocycles. The van der Waals surface area contributed by atoms with E-state index < -0.39 is 0 Å². The summed E-state index contributed by atoms with van der Waals surface area (Å²) in [6.07, 6.45) is 8.97. The summed E-state index contributed by atoms with van der Waals surface area (Å²) in [5, 5.41) is 3.37. The van der Waals surface area contributed by atoms with Crippen LogP contribution in [-0.4, -0.2) is 23.1 Å². The molecule has 3 nitrogen and oxygen atoms in total. The Hall–Kier alpha value is -1.26. The minimum absolute atomic E-state index is 0.510. The number of hydrogen-bond acceptors (Lipinski definition) is 4. The molecule has 0 aromatic carbocycles. The molecule has 1 N–H and O–H groups in total. The molecule has 0 saturated heterocycles. The predicted octanol–water partition coefficient (Wildman–Crippen LogP) is 2.30. The maximum atomic E-state index is 4.14. The lowest BCUT2D eigenvalue weighted by Crippen LogP contribution is -2.27. The Morgan fingerprint density at radius 3 is 2.94 bits per heavy atom. The standard InChI is InChI=1S/C13H17N3S/c1-14-12(7-13-9-16-10-17-13)5-4-11-3-2-6-15-8-11/h2-3,6,8-10,12,14H,4-5,7H2,1H3. The molecule has 0 spiro atoms. The molecule has 1 unspecified atom stereocenters. The van der Waals surface area contributed by atoms with Crippen molar-refractivity contribution in [1.29, 1.82) is 0 Å². The SMILES string of the molecule is CNC(CCc1cccnc1)Cc1cncs1. The second-order valence-corrected chi connectivity index (χ2v) is 5.03. The highest BCUT2D eigenvalue weighted by atomic mass is 32.1. The summed E-state index contributed by atoms with van der Waals surface area (Å²) in [5.41, 5.74) is 3.19. The van der Waals surface area contributed by atoms with E-state index in [1.807, 2.05) is 37.2 Å². The molecule has 0 amide bonds. The van der Waals surface area contributed by atoms with Crippen LogP contribution in [0.5, 0.6) is 0 Å². The van der Waals surface area contributed by atoms with Crippen LogP contribution in [0.25, 0.3) is 0 Å². The molecule has 0 radical (unpaired) electrons. The van der Waals surface area contributed by atoms with Crippen LogP contribution in [0.15, 0.2) is 36.2 Å². The normalized spacial score (nSPS) is 12.5. The van der Waals surface area contributed by atoms with Crippen LogP contribution in [0, 0.1) is 0 Å². The number of nitrogens with one attached hydrogen (secondary N) is 1. The smallest absolute Gasteiger partial charge is 0.0794 e. The minimum Gasteiger partial charge on any atom is -0.317 e. The number of pyridine rings is 1. The monoisotopic (exact) mass is 247 g/mol. The van der Waals surface area contributed by atoms with Crippen molar-refractivity contribution in [2.24, 2.45) is 0 Å². The van der Waals surface area contributed by atoms with E-state index in [0.29, 0.717) is 6.04 Å². The van der Waals surface area contributed by atoms with Gasteiger partial charge in [-0.15, -0.1) is 11.3 Å². The van der Waals surface area contributed by atoms with Gasteiger partial charge in [-0.25, -0.2) is 0 Å². The molecule has 0 aliphatic rings. The summed E-state index contributed by atoms with van der Waals surface area (Å²) in [6.45, 7) is 0. The number of aryl methyl sites for hydroxylation is 1.